The molecule has 3 heteroatoms. The monoisotopic (exact) mass is 267 g/mol. The Morgan fingerprint density at radius 3 is 2.67 bits per heavy atom. The van der Waals surface area contributed by atoms with Crippen LogP contribution in [0.2, 0.25) is 0 Å². The van der Waals surface area contributed by atoms with E-state index >= 15 is 0 Å². The van der Waals surface area contributed by atoms with Crippen LogP contribution in [0.1, 0.15) is 18.4 Å². The van der Waals surface area contributed by atoms with E-state index in [0.29, 0.717) is 6.61 Å². The molecule has 1 aromatic rings. The molecule has 0 aromatic heterocycles. The molecule has 2 rings (SSSR count). The maximum absolute atomic E-state index is 5.49. The summed E-state index contributed by atoms with van der Waals surface area (Å²) >= 11 is 3.33. The molecule has 1 heterocycles. The van der Waals surface area contributed by atoms with Crippen LogP contribution < -0.4 is 4.74 Å². The number of hydrogen-bond donors (Lipinski definition) is 0. The molecule has 1 aliphatic rings. The number of benzene rings is 1. The van der Waals surface area contributed by atoms with Crippen molar-refractivity contribution in [1.29, 1.82) is 0 Å². The Morgan fingerprint density at radius 2 is 2.07 bits per heavy atom. The van der Waals surface area contributed by atoms with Crippen molar-refractivity contribution >= 4 is 21.6 Å². The summed E-state index contributed by atoms with van der Waals surface area (Å²) in [5.41, 5.74) is 2.47. The molecule has 0 saturated heterocycles. The lowest BCUT2D eigenvalue weighted by atomic mass is 10.1. The predicted octanol–water partition coefficient (Wildman–Crippen LogP) is 3.04. The molecule has 0 bridgehead atoms. The fraction of sp³-hybridized carbons (Fsp3) is 0.417. The van der Waals surface area contributed by atoms with Crippen LogP contribution in [0, 0.1) is 0 Å². The van der Waals surface area contributed by atoms with E-state index in [2.05, 4.69) is 33.1 Å². The number of halogens is 1. The summed E-state index contributed by atoms with van der Waals surface area (Å²) in [5, 5.41) is 0.863. The number of alkyl halides is 1. The van der Waals surface area contributed by atoms with Crippen LogP contribution in [0.5, 0.6) is 5.75 Å². The van der Waals surface area contributed by atoms with Crippen LogP contribution in [0.25, 0.3) is 0 Å². The van der Waals surface area contributed by atoms with E-state index in [1.165, 1.54) is 17.7 Å². The largest absolute Gasteiger partial charge is 0.493 e. The van der Waals surface area contributed by atoms with Gasteiger partial charge >= 0.3 is 0 Å². The maximum atomic E-state index is 5.49. The Morgan fingerprint density at radius 1 is 1.27 bits per heavy atom. The Hall–Kier alpha value is -0.830. The lowest BCUT2D eigenvalue weighted by molar-refractivity contribution is 0.345. The minimum Gasteiger partial charge on any atom is -0.493 e. The molecule has 2 nitrogen and oxygen atoms in total. The molecule has 0 amide bonds. The summed E-state index contributed by atoms with van der Waals surface area (Å²) in [6.07, 6.45) is 2.30. The van der Waals surface area contributed by atoms with E-state index in [1.807, 2.05) is 12.1 Å². The summed E-state index contributed by atoms with van der Waals surface area (Å²) in [7, 11) is 0. The van der Waals surface area contributed by atoms with Gasteiger partial charge in [-0.25, -0.2) is 0 Å². The number of ether oxygens (including phenoxy) is 1. The molecule has 0 saturated carbocycles. The maximum Gasteiger partial charge on any atom is 0.119 e. The Labute approximate surface area is 98.5 Å². The smallest absolute Gasteiger partial charge is 0.119 e. The van der Waals surface area contributed by atoms with Crippen LogP contribution in [-0.2, 0) is 0 Å². The normalized spacial score (nSPS) is 15.1. The van der Waals surface area contributed by atoms with Crippen molar-refractivity contribution in [3.8, 4) is 5.75 Å². The number of nitrogens with zero attached hydrogens (tertiary/aromatic N) is 1. The standard InChI is InChI=1S/C12H14BrNO/c13-7-9-15-11-5-3-10(4-6-11)12-2-1-8-14-12/h3-6H,1-2,7-9H2. The van der Waals surface area contributed by atoms with E-state index in [-0.39, 0.29) is 0 Å². The van der Waals surface area contributed by atoms with Crippen molar-refractivity contribution < 1.29 is 4.74 Å². The van der Waals surface area contributed by atoms with Gasteiger partial charge in [0.2, 0.25) is 0 Å². The van der Waals surface area contributed by atoms with Gasteiger partial charge in [0.05, 0.1) is 6.61 Å². The second-order valence-corrected chi connectivity index (χ2v) is 4.29. The first-order valence-corrected chi connectivity index (χ1v) is 6.35. The fourth-order valence-corrected chi connectivity index (χ4v) is 1.84. The number of rotatable bonds is 4. The summed E-state index contributed by atoms with van der Waals surface area (Å²) in [4.78, 5) is 4.47. The van der Waals surface area contributed by atoms with Gasteiger partial charge in [0.1, 0.15) is 5.75 Å². The first-order chi connectivity index (χ1) is 7.40. The summed E-state index contributed by atoms with van der Waals surface area (Å²) < 4.78 is 5.49. The SMILES string of the molecule is BrCCOc1ccc(C2=NCCC2)cc1. The topological polar surface area (TPSA) is 21.6 Å². The minimum atomic E-state index is 0.709. The molecule has 1 aliphatic heterocycles. The minimum absolute atomic E-state index is 0.709. The molecule has 0 aliphatic carbocycles. The molecular weight excluding hydrogens is 254 g/mol. The molecule has 0 unspecified atom stereocenters. The molecule has 0 atom stereocenters. The van der Waals surface area contributed by atoms with Gasteiger partial charge in [-0.2, -0.15) is 0 Å². The van der Waals surface area contributed by atoms with Gasteiger partial charge in [-0.15, -0.1) is 0 Å². The van der Waals surface area contributed by atoms with Gasteiger partial charge in [-0.1, -0.05) is 15.9 Å². The van der Waals surface area contributed by atoms with Crippen molar-refractivity contribution in [2.24, 2.45) is 4.99 Å². The second kappa shape index (κ2) is 5.31. The van der Waals surface area contributed by atoms with E-state index in [4.69, 9.17) is 4.74 Å². The highest BCUT2D eigenvalue weighted by atomic mass is 79.9. The predicted molar refractivity (Wildman–Crippen MR) is 66.4 cm³/mol. The Kier molecular flexibility index (Phi) is 3.78. The first kappa shape index (κ1) is 10.7. The van der Waals surface area contributed by atoms with E-state index in [9.17, 15) is 0 Å². The highest BCUT2D eigenvalue weighted by Crippen LogP contribution is 2.17. The molecular formula is C12H14BrNO. The summed E-state index contributed by atoms with van der Waals surface area (Å²) in [6, 6.07) is 8.21. The van der Waals surface area contributed by atoms with Crippen LogP contribution in [0.15, 0.2) is 29.3 Å². The van der Waals surface area contributed by atoms with Gasteiger partial charge in [0.15, 0.2) is 0 Å². The number of hydrogen-bond acceptors (Lipinski definition) is 2. The lowest BCUT2D eigenvalue weighted by Crippen LogP contribution is -1.99. The van der Waals surface area contributed by atoms with Crippen LogP contribution >= 0.6 is 15.9 Å². The third-order valence-corrected chi connectivity index (χ3v) is 2.73. The molecule has 15 heavy (non-hydrogen) atoms. The molecule has 80 valence electrons. The Bertz CT molecular complexity index is 345. The van der Waals surface area contributed by atoms with Crippen molar-refractivity contribution in [2.75, 3.05) is 18.5 Å². The number of aliphatic imine (C=N–C) groups is 1. The van der Waals surface area contributed by atoms with Crippen molar-refractivity contribution in [3.05, 3.63) is 29.8 Å². The van der Waals surface area contributed by atoms with Crippen LogP contribution in [0.4, 0.5) is 0 Å². The molecule has 0 N–H and O–H groups in total. The van der Waals surface area contributed by atoms with Gasteiger partial charge in [0.25, 0.3) is 0 Å². The summed E-state index contributed by atoms with van der Waals surface area (Å²) in [5.74, 6) is 0.928. The lowest BCUT2D eigenvalue weighted by Gasteiger charge is -2.05. The zero-order valence-corrected chi connectivity index (χ0v) is 10.2. The summed E-state index contributed by atoms with van der Waals surface area (Å²) in [6.45, 7) is 1.69. The third-order valence-electron chi connectivity index (χ3n) is 2.41. The zero-order chi connectivity index (χ0) is 10.5. The van der Waals surface area contributed by atoms with Gasteiger partial charge < -0.3 is 4.74 Å². The van der Waals surface area contributed by atoms with E-state index < -0.39 is 0 Å². The second-order valence-electron chi connectivity index (χ2n) is 3.49. The van der Waals surface area contributed by atoms with Crippen LogP contribution in [0.3, 0.4) is 0 Å². The van der Waals surface area contributed by atoms with Crippen molar-refractivity contribution in [1.82, 2.24) is 0 Å². The van der Waals surface area contributed by atoms with Crippen LogP contribution in [-0.4, -0.2) is 24.2 Å². The molecule has 0 spiro atoms. The quantitative estimate of drug-likeness (QED) is 0.769. The third kappa shape index (κ3) is 2.81. The van der Waals surface area contributed by atoms with Crippen molar-refractivity contribution in [2.45, 2.75) is 12.8 Å². The van der Waals surface area contributed by atoms with Crippen molar-refractivity contribution in [3.63, 3.8) is 0 Å². The van der Waals surface area contributed by atoms with Gasteiger partial charge in [-0.3, -0.25) is 4.99 Å². The Balaban J connectivity index is 2.03. The zero-order valence-electron chi connectivity index (χ0n) is 8.58. The van der Waals surface area contributed by atoms with Gasteiger partial charge in [-0.05, 0) is 42.7 Å². The van der Waals surface area contributed by atoms with E-state index in [1.54, 1.807) is 0 Å². The average molecular weight is 268 g/mol. The highest BCUT2D eigenvalue weighted by Gasteiger charge is 2.08. The van der Waals surface area contributed by atoms with E-state index in [0.717, 1.165) is 24.0 Å². The molecule has 0 fully saturated rings. The molecule has 0 radical (unpaired) electrons. The average Bonchev–Trinajstić information content (AvgIpc) is 2.80. The molecule has 1 aromatic carbocycles. The first-order valence-electron chi connectivity index (χ1n) is 5.22. The highest BCUT2D eigenvalue weighted by molar-refractivity contribution is 9.09. The fourth-order valence-electron chi connectivity index (χ4n) is 1.68. The van der Waals surface area contributed by atoms with Gasteiger partial charge in [0, 0.05) is 17.6 Å².